The summed E-state index contributed by atoms with van der Waals surface area (Å²) in [5, 5.41) is 16.6. The molecule has 5 nitrogen and oxygen atoms in total. The summed E-state index contributed by atoms with van der Waals surface area (Å²) >= 11 is 0. The normalized spacial score (nSPS) is 15.4. The van der Waals surface area contributed by atoms with Crippen LogP contribution in [0.4, 0.5) is 0 Å². The largest absolute Gasteiger partial charge is 0.478 e. The Labute approximate surface area is 97.9 Å². The maximum Gasteiger partial charge on any atom is 0.336 e. The topological polar surface area (TPSA) is 78.9 Å². The van der Waals surface area contributed by atoms with Gasteiger partial charge in [-0.1, -0.05) is 6.92 Å². The molecule has 0 unspecified atom stereocenters. The first-order valence-electron chi connectivity index (χ1n) is 5.81. The number of carboxylic acid groups (broad SMARTS) is 1. The lowest BCUT2D eigenvalue weighted by atomic mass is 9.99. The van der Waals surface area contributed by atoms with Gasteiger partial charge in [-0.25, -0.2) is 9.78 Å². The molecule has 0 aromatic carbocycles. The monoisotopic (exact) mass is 231 g/mol. The second kappa shape index (κ2) is 3.55. The minimum atomic E-state index is -0.891. The van der Waals surface area contributed by atoms with Gasteiger partial charge in [-0.15, -0.1) is 0 Å². The van der Waals surface area contributed by atoms with Crippen molar-refractivity contribution in [3.05, 3.63) is 23.0 Å². The number of carboxylic acids is 1. The smallest absolute Gasteiger partial charge is 0.336 e. The van der Waals surface area contributed by atoms with E-state index >= 15 is 0 Å². The Kier molecular flexibility index (Phi) is 2.14. The second-order valence-electron chi connectivity index (χ2n) is 4.42. The molecule has 2 aromatic rings. The van der Waals surface area contributed by atoms with Crippen molar-refractivity contribution in [3.63, 3.8) is 0 Å². The number of carbonyl (C=O) groups is 1. The minimum Gasteiger partial charge on any atom is -0.478 e. The Morgan fingerprint density at radius 1 is 1.59 bits per heavy atom. The molecule has 1 fully saturated rings. The second-order valence-corrected chi connectivity index (χ2v) is 4.42. The fraction of sp³-hybridized carbons (Fsp3) is 0.417. The van der Waals surface area contributed by atoms with Crippen molar-refractivity contribution in [2.24, 2.45) is 0 Å². The van der Waals surface area contributed by atoms with Gasteiger partial charge in [-0.05, 0) is 24.8 Å². The van der Waals surface area contributed by atoms with Crippen LogP contribution in [0.1, 0.15) is 47.3 Å². The highest BCUT2D eigenvalue weighted by Gasteiger charge is 2.31. The Balaban J connectivity index is 2.36. The molecule has 0 amide bonds. The third-order valence-corrected chi connectivity index (χ3v) is 3.26. The van der Waals surface area contributed by atoms with E-state index in [-0.39, 0.29) is 0 Å². The number of aromatic nitrogens is 3. The van der Waals surface area contributed by atoms with Crippen LogP contribution < -0.4 is 0 Å². The maximum atomic E-state index is 11.4. The summed E-state index contributed by atoms with van der Waals surface area (Å²) in [6.45, 7) is 1.97. The van der Waals surface area contributed by atoms with Gasteiger partial charge < -0.3 is 5.11 Å². The highest BCUT2D eigenvalue weighted by atomic mass is 16.4. The maximum absolute atomic E-state index is 11.4. The van der Waals surface area contributed by atoms with E-state index in [2.05, 4.69) is 15.2 Å². The molecule has 1 aliphatic carbocycles. The molecular weight excluding hydrogens is 218 g/mol. The first-order chi connectivity index (χ1) is 8.22. The molecule has 2 N–H and O–H groups in total. The predicted molar refractivity (Wildman–Crippen MR) is 62.2 cm³/mol. The van der Waals surface area contributed by atoms with E-state index in [1.165, 1.54) is 0 Å². The zero-order valence-corrected chi connectivity index (χ0v) is 9.53. The van der Waals surface area contributed by atoms with Gasteiger partial charge in [0.15, 0.2) is 5.65 Å². The Morgan fingerprint density at radius 3 is 2.94 bits per heavy atom. The van der Waals surface area contributed by atoms with Gasteiger partial charge in [-0.2, -0.15) is 5.10 Å². The van der Waals surface area contributed by atoms with Gasteiger partial charge in [0, 0.05) is 5.92 Å². The van der Waals surface area contributed by atoms with Gasteiger partial charge in [0.2, 0.25) is 0 Å². The van der Waals surface area contributed by atoms with Gasteiger partial charge >= 0.3 is 5.97 Å². The van der Waals surface area contributed by atoms with Crippen molar-refractivity contribution in [2.45, 2.75) is 32.1 Å². The van der Waals surface area contributed by atoms with Gasteiger partial charge in [0.1, 0.15) is 0 Å². The van der Waals surface area contributed by atoms with Crippen LogP contribution in [0.5, 0.6) is 0 Å². The van der Waals surface area contributed by atoms with E-state index < -0.39 is 5.97 Å². The molecule has 0 atom stereocenters. The summed E-state index contributed by atoms with van der Waals surface area (Å²) < 4.78 is 0. The fourth-order valence-electron chi connectivity index (χ4n) is 2.32. The van der Waals surface area contributed by atoms with E-state index in [4.69, 9.17) is 0 Å². The number of hydrogen-bond acceptors (Lipinski definition) is 3. The summed E-state index contributed by atoms with van der Waals surface area (Å²) in [7, 11) is 0. The van der Waals surface area contributed by atoms with Crippen LogP contribution >= 0.6 is 0 Å². The van der Waals surface area contributed by atoms with Crippen LogP contribution in [0.2, 0.25) is 0 Å². The average Bonchev–Trinajstić information content (AvgIpc) is 3.05. The van der Waals surface area contributed by atoms with E-state index in [0.717, 1.165) is 24.1 Å². The molecule has 5 heteroatoms. The van der Waals surface area contributed by atoms with E-state index in [9.17, 15) is 9.90 Å². The highest BCUT2D eigenvalue weighted by molar-refractivity contribution is 6.03. The molecule has 0 radical (unpaired) electrons. The molecule has 3 rings (SSSR count). The molecule has 1 saturated carbocycles. The van der Waals surface area contributed by atoms with Crippen LogP contribution in [0.3, 0.4) is 0 Å². The fourth-order valence-corrected chi connectivity index (χ4v) is 2.32. The summed E-state index contributed by atoms with van der Waals surface area (Å²) in [6.07, 6.45) is 4.46. The van der Waals surface area contributed by atoms with Crippen molar-refractivity contribution >= 4 is 17.0 Å². The van der Waals surface area contributed by atoms with Crippen molar-refractivity contribution in [3.8, 4) is 0 Å². The molecule has 0 aliphatic heterocycles. The lowest BCUT2D eigenvalue weighted by Crippen LogP contribution is -2.08. The molecule has 1 aliphatic rings. The molecule has 17 heavy (non-hydrogen) atoms. The lowest BCUT2D eigenvalue weighted by Gasteiger charge is -2.10. The number of nitrogens with one attached hydrogen (secondary N) is 1. The van der Waals surface area contributed by atoms with Crippen molar-refractivity contribution in [2.75, 3.05) is 0 Å². The molecule has 0 bridgehead atoms. The lowest BCUT2D eigenvalue weighted by molar-refractivity contribution is 0.0697. The zero-order valence-electron chi connectivity index (χ0n) is 9.53. The number of H-pyrrole nitrogens is 1. The molecule has 0 saturated heterocycles. The number of aromatic amines is 1. The molecule has 0 spiro atoms. The quantitative estimate of drug-likeness (QED) is 0.847. The Bertz CT molecular complexity index is 599. The molecule has 2 heterocycles. The highest BCUT2D eigenvalue weighted by Crippen LogP contribution is 2.42. The van der Waals surface area contributed by atoms with Crippen LogP contribution in [-0.4, -0.2) is 26.3 Å². The first-order valence-corrected chi connectivity index (χ1v) is 5.81. The molecule has 88 valence electrons. The molecule has 2 aromatic heterocycles. The van der Waals surface area contributed by atoms with Crippen LogP contribution in [0.25, 0.3) is 11.0 Å². The predicted octanol–water partition coefficient (Wildman–Crippen LogP) is 2.10. The van der Waals surface area contributed by atoms with Crippen molar-refractivity contribution in [1.29, 1.82) is 0 Å². The van der Waals surface area contributed by atoms with Crippen LogP contribution in [0, 0.1) is 0 Å². The standard InChI is InChI=1S/C12H13N3O2/c1-2-7-9(12(16)17)8-5-13-15-11(8)14-10(7)6-3-4-6/h5-6H,2-4H2,1H3,(H,16,17)(H,13,14,15). The summed E-state index contributed by atoms with van der Waals surface area (Å²) in [6, 6.07) is 0. The Morgan fingerprint density at radius 2 is 2.35 bits per heavy atom. The number of aromatic carboxylic acids is 1. The molecular formula is C12H13N3O2. The SMILES string of the molecule is CCc1c(C2CC2)nc2[nH]ncc2c1C(=O)O. The third-order valence-electron chi connectivity index (χ3n) is 3.26. The number of rotatable bonds is 3. The van der Waals surface area contributed by atoms with Crippen molar-refractivity contribution in [1.82, 2.24) is 15.2 Å². The minimum absolute atomic E-state index is 0.369. The number of pyridine rings is 1. The van der Waals surface area contributed by atoms with Crippen LogP contribution in [0.15, 0.2) is 6.20 Å². The van der Waals surface area contributed by atoms with Crippen LogP contribution in [-0.2, 0) is 6.42 Å². The summed E-state index contributed by atoms with van der Waals surface area (Å²) in [4.78, 5) is 15.9. The van der Waals surface area contributed by atoms with Crippen molar-refractivity contribution < 1.29 is 9.90 Å². The van der Waals surface area contributed by atoms with Gasteiger partial charge in [0.25, 0.3) is 0 Å². The van der Waals surface area contributed by atoms with Gasteiger partial charge in [0.05, 0.1) is 22.8 Å². The zero-order chi connectivity index (χ0) is 12.0. The number of nitrogens with zero attached hydrogens (tertiary/aromatic N) is 2. The van der Waals surface area contributed by atoms with E-state index in [0.29, 0.717) is 28.9 Å². The number of fused-ring (bicyclic) bond motifs is 1. The van der Waals surface area contributed by atoms with E-state index in [1.807, 2.05) is 6.92 Å². The Hall–Kier alpha value is -1.91. The average molecular weight is 231 g/mol. The van der Waals surface area contributed by atoms with E-state index in [1.54, 1.807) is 6.20 Å². The van der Waals surface area contributed by atoms with Gasteiger partial charge in [-0.3, -0.25) is 5.10 Å². The number of hydrogen-bond donors (Lipinski definition) is 2. The third kappa shape index (κ3) is 1.50. The first kappa shape index (κ1) is 10.3. The summed E-state index contributed by atoms with van der Waals surface area (Å²) in [5.41, 5.74) is 2.77. The summed E-state index contributed by atoms with van der Waals surface area (Å²) in [5.74, 6) is -0.451.